The minimum atomic E-state index is -0.811. The van der Waals surface area contributed by atoms with E-state index in [1.54, 1.807) is 31.7 Å². The van der Waals surface area contributed by atoms with Crippen LogP contribution < -0.4 is 10.5 Å². The van der Waals surface area contributed by atoms with E-state index in [1.165, 1.54) is 30.0 Å². The third kappa shape index (κ3) is 5.19. The van der Waals surface area contributed by atoms with Crippen molar-refractivity contribution in [2.24, 2.45) is 0 Å². The lowest BCUT2D eigenvalue weighted by atomic mass is 10.1. The van der Waals surface area contributed by atoms with Gasteiger partial charge in [0.25, 0.3) is 0 Å². The van der Waals surface area contributed by atoms with Gasteiger partial charge in [0.15, 0.2) is 11.5 Å². The summed E-state index contributed by atoms with van der Waals surface area (Å²) >= 11 is 0. The Morgan fingerprint density at radius 2 is 1.91 bits per heavy atom. The number of nitrogens with zero attached hydrogens (tertiary/aromatic N) is 3. The molecule has 1 aromatic heterocycles. The maximum Gasteiger partial charge on any atom is 0.410 e. The number of hydrogen-bond acceptors (Lipinski definition) is 7. The average molecular weight is 458 g/mol. The van der Waals surface area contributed by atoms with Crippen LogP contribution in [0.3, 0.4) is 0 Å². The molecule has 2 heterocycles. The molecule has 0 unspecified atom stereocenters. The van der Waals surface area contributed by atoms with E-state index in [0.29, 0.717) is 25.9 Å². The van der Waals surface area contributed by atoms with Gasteiger partial charge in [-0.25, -0.2) is 14.0 Å². The molecular formula is C23H27FN4O5. The number of nitriles is 1. The first-order valence-electron chi connectivity index (χ1n) is 10.5. The molecule has 1 aliphatic heterocycles. The van der Waals surface area contributed by atoms with E-state index in [-0.39, 0.29) is 40.6 Å². The van der Waals surface area contributed by atoms with E-state index in [9.17, 15) is 19.2 Å². The van der Waals surface area contributed by atoms with E-state index < -0.39 is 17.4 Å². The number of benzene rings is 1. The highest BCUT2D eigenvalue weighted by atomic mass is 19.1. The Morgan fingerprint density at radius 1 is 1.24 bits per heavy atom. The molecule has 176 valence electrons. The van der Waals surface area contributed by atoms with E-state index in [2.05, 4.69) is 0 Å². The van der Waals surface area contributed by atoms with Crippen molar-refractivity contribution in [1.29, 1.82) is 5.26 Å². The van der Waals surface area contributed by atoms with Crippen LogP contribution >= 0.6 is 0 Å². The number of nitrogens with two attached hydrogens (primary N) is 1. The Balaban J connectivity index is 1.85. The topological polar surface area (TPSA) is 120 Å². The van der Waals surface area contributed by atoms with Crippen molar-refractivity contribution < 1.29 is 28.2 Å². The first kappa shape index (κ1) is 23.9. The minimum absolute atomic E-state index is 0.00951. The number of carbonyl (C=O) groups excluding carboxylic acids is 2. The molecule has 9 nitrogen and oxygen atoms in total. The highest BCUT2D eigenvalue weighted by molar-refractivity contribution is 5.96. The summed E-state index contributed by atoms with van der Waals surface area (Å²) in [6.07, 6.45) is 1.61. The largest absolute Gasteiger partial charge is 0.488 e. The van der Waals surface area contributed by atoms with Crippen molar-refractivity contribution in [2.75, 3.05) is 25.9 Å². The van der Waals surface area contributed by atoms with Gasteiger partial charge in [-0.15, -0.1) is 0 Å². The summed E-state index contributed by atoms with van der Waals surface area (Å²) in [5.74, 6) is -1.30. The second kappa shape index (κ2) is 9.40. The van der Waals surface area contributed by atoms with Crippen LogP contribution in [0.25, 0.3) is 5.69 Å². The molecule has 0 radical (unpaired) electrons. The van der Waals surface area contributed by atoms with E-state index in [1.807, 2.05) is 6.07 Å². The lowest BCUT2D eigenvalue weighted by Gasteiger charge is -2.33. The number of hydrogen-bond donors (Lipinski definition) is 1. The van der Waals surface area contributed by atoms with Crippen molar-refractivity contribution in [1.82, 2.24) is 9.47 Å². The highest BCUT2D eigenvalue weighted by Gasteiger charge is 2.30. The van der Waals surface area contributed by atoms with Gasteiger partial charge in [0.1, 0.15) is 29.2 Å². The summed E-state index contributed by atoms with van der Waals surface area (Å²) in [6, 6.07) is 6.17. The van der Waals surface area contributed by atoms with Crippen LogP contribution in [-0.2, 0) is 9.47 Å². The van der Waals surface area contributed by atoms with Gasteiger partial charge in [-0.1, -0.05) is 6.07 Å². The summed E-state index contributed by atoms with van der Waals surface area (Å²) < 4.78 is 32.4. The predicted molar refractivity (Wildman–Crippen MR) is 118 cm³/mol. The number of carbonyl (C=O) groups is 2. The summed E-state index contributed by atoms with van der Waals surface area (Å²) in [5, 5.41) is 9.33. The molecule has 0 saturated carbocycles. The Kier molecular flexibility index (Phi) is 6.81. The van der Waals surface area contributed by atoms with Gasteiger partial charge in [-0.3, -0.25) is 0 Å². The fourth-order valence-electron chi connectivity index (χ4n) is 3.58. The number of likely N-dealkylation sites (tertiary alicyclic amines) is 1. The van der Waals surface area contributed by atoms with Crippen LogP contribution in [0.2, 0.25) is 0 Å². The van der Waals surface area contributed by atoms with Crippen molar-refractivity contribution in [2.45, 2.75) is 45.3 Å². The van der Waals surface area contributed by atoms with Crippen LogP contribution in [0.5, 0.6) is 5.75 Å². The van der Waals surface area contributed by atoms with Crippen molar-refractivity contribution in [3.05, 3.63) is 41.5 Å². The molecule has 10 heteroatoms. The predicted octanol–water partition coefficient (Wildman–Crippen LogP) is 3.64. The number of ether oxygens (including phenoxy) is 3. The smallest absolute Gasteiger partial charge is 0.410 e. The van der Waals surface area contributed by atoms with Gasteiger partial charge in [0, 0.05) is 32.1 Å². The molecule has 1 saturated heterocycles. The number of esters is 1. The lowest BCUT2D eigenvalue weighted by molar-refractivity contribution is 0.0126. The number of halogens is 1. The average Bonchev–Trinajstić information content (AvgIpc) is 3.08. The molecule has 3 rings (SSSR count). The number of amides is 1. The van der Waals surface area contributed by atoms with Crippen LogP contribution in [0.1, 0.15) is 49.7 Å². The third-order valence-electron chi connectivity index (χ3n) is 5.12. The molecule has 0 spiro atoms. The summed E-state index contributed by atoms with van der Waals surface area (Å²) in [6.45, 7) is 6.26. The van der Waals surface area contributed by atoms with Gasteiger partial charge >= 0.3 is 12.1 Å². The van der Waals surface area contributed by atoms with Crippen LogP contribution in [-0.4, -0.2) is 53.4 Å². The van der Waals surface area contributed by atoms with E-state index in [0.717, 1.165) is 0 Å². The Bertz CT molecular complexity index is 1090. The quantitative estimate of drug-likeness (QED) is 0.695. The minimum Gasteiger partial charge on any atom is -0.488 e. The van der Waals surface area contributed by atoms with E-state index >= 15 is 0 Å². The summed E-state index contributed by atoms with van der Waals surface area (Å²) in [4.78, 5) is 26.2. The van der Waals surface area contributed by atoms with Crippen molar-refractivity contribution >= 4 is 17.7 Å². The summed E-state index contributed by atoms with van der Waals surface area (Å²) in [7, 11) is 1.17. The Morgan fingerprint density at radius 3 is 2.48 bits per heavy atom. The number of aromatic nitrogens is 1. The molecule has 1 aromatic carbocycles. The van der Waals surface area contributed by atoms with Crippen molar-refractivity contribution in [3.63, 3.8) is 0 Å². The number of rotatable bonds is 4. The maximum atomic E-state index is 15.0. The molecule has 0 atom stereocenters. The molecule has 2 N–H and O–H groups in total. The second-order valence-corrected chi connectivity index (χ2v) is 8.65. The fraction of sp³-hybridized carbons (Fsp3) is 0.435. The zero-order valence-corrected chi connectivity index (χ0v) is 19.1. The highest BCUT2D eigenvalue weighted by Crippen LogP contribution is 2.33. The molecule has 0 bridgehead atoms. The lowest BCUT2D eigenvalue weighted by Crippen LogP contribution is -2.44. The number of anilines is 1. The zero-order valence-electron chi connectivity index (χ0n) is 19.1. The van der Waals surface area contributed by atoms with Crippen LogP contribution in [0.4, 0.5) is 14.9 Å². The SMILES string of the molecule is COC(=O)c1c(N)c(C#N)cn1-c1c(F)cccc1OC1CCN(C(=O)OC(C)(C)C)CC1. The van der Waals surface area contributed by atoms with Gasteiger partial charge < -0.3 is 29.4 Å². The summed E-state index contributed by atoms with van der Waals surface area (Å²) in [5.41, 5.74) is 5.04. The van der Waals surface area contributed by atoms with Gasteiger partial charge in [-0.05, 0) is 32.9 Å². The molecule has 1 amide bonds. The number of nitrogen functional groups attached to an aromatic ring is 1. The molecule has 33 heavy (non-hydrogen) atoms. The molecule has 2 aromatic rings. The second-order valence-electron chi connectivity index (χ2n) is 8.65. The first-order valence-corrected chi connectivity index (χ1v) is 10.5. The molecule has 0 aliphatic carbocycles. The van der Waals surface area contributed by atoms with E-state index in [4.69, 9.17) is 19.9 Å². The molecule has 1 aliphatic rings. The van der Waals surface area contributed by atoms with Gasteiger partial charge in [-0.2, -0.15) is 5.26 Å². The standard InChI is InChI=1S/C23H27FN4O5/c1-23(2,3)33-22(30)27-10-8-15(9-11-27)32-17-7-5-6-16(24)19(17)28-13-14(12-25)18(26)20(28)21(29)31-4/h5-7,13,15H,8-11,26H2,1-4H3. The number of para-hydroxylation sites is 1. The normalized spacial score (nSPS) is 14.5. The monoisotopic (exact) mass is 458 g/mol. The number of piperidine rings is 1. The Hall–Kier alpha value is -3.74. The zero-order chi connectivity index (χ0) is 24.3. The van der Waals surface area contributed by atoms with Gasteiger partial charge in [0.2, 0.25) is 0 Å². The van der Waals surface area contributed by atoms with Crippen LogP contribution in [0.15, 0.2) is 24.4 Å². The maximum absolute atomic E-state index is 15.0. The third-order valence-corrected chi connectivity index (χ3v) is 5.12. The molecular weight excluding hydrogens is 431 g/mol. The Labute approximate surface area is 191 Å². The first-order chi connectivity index (χ1) is 15.6. The van der Waals surface area contributed by atoms with Gasteiger partial charge in [0.05, 0.1) is 18.4 Å². The van der Waals surface area contributed by atoms with Crippen LogP contribution in [0, 0.1) is 17.1 Å². The fourth-order valence-corrected chi connectivity index (χ4v) is 3.58. The molecule has 1 fully saturated rings. The number of methoxy groups -OCH3 is 1. The van der Waals surface area contributed by atoms with Crippen molar-refractivity contribution in [3.8, 4) is 17.5 Å².